The minimum atomic E-state index is -0.0197. The fraction of sp³-hybridized carbons (Fsp3) is 0.692. The molecule has 1 aromatic rings. The summed E-state index contributed by atoms with van der Waals surface area (Å²) >= 11 is 0. The molecule has 1 fully saturated rings. The first-order valence-corrected chi connectivity index (χ1v) is 6.43. The SMILES string of the molecule is CC(Nc1nccn(C(C)C)c1=O)C1CCC1. The summed E-state index contributed by atoms with van der Waals surface area (Å²) in [7, 11) is 0. The van der Waals surface area contributed by atoms with E-state index in [2.05, 4.69) is 17.2 Å². The van der Waals surface area contributed by atoms with Gasteiger partial charge in [0.1, 0.15) is 0 Å². The van der Waals surface area contributed by atoms with E-state index in [1.807, 2.05) is 13.8 Å². The van der Waals surface area contributed by atoms with Crippen LogP contribution in [-0.4, -0.2) is 15.6 Å². The minimum Gasteiger partial charge on any atom is -0.363 e. The second-order valence-corrected chi connectivity index (χ2v) is 5.21. The van der Waals surface area contributed by atoms with Gasteiger partial charge in [0.05, 0.1) is 0 Å². The molecule has 17 heavy (non-hydrogen) atoms. The summed E-state index contributed by atoms with van der Waals surface area (Å²) < 4.78 is 1.71. The Morgan fingerprint density at radius 2 is 2.12 bits per heavy atom. The Bertz CT molecular complexity index is 435. The van der Waals surface area contributed by atoms with Crippen LogP contribution in [0.3, 0.4) is 0 Å². The highest BCUT2D eigenvalue weighted by molar-refractivity contribution is 5.32. The van der Waals surface area contributed by atoms with Gasteiger partial charge in [-0.15, -0.1) is 0 Å². The van der Waals surface area contributed by atoms with E-state index < -0.39 is 0 Å². The molecule has 4 heteroatoms. The lowest BCUT2D eigenvalue weighted by Gasteiger charge is -2.32. The number of nitrogens with zero attached hydrogens (tertiary/aromatic N) is 2. The van der Waals surface area contributed by atoms with Gasteiger partial charge in [0.2, 0.25) is 0 Å². The van der Waals surface area contributed by atoms with E-state index in [-0.39, 0.29) is 11.6 Å². The van der Waals surface area contributed by atoms with Gasteiger partial charge in [-0.25, -0.2) is 4.98 Å². The summed E-state index contributed by atoms with van der Waals surface area (Å²) in [5.41, 5.74) is -0.0197. The van der Waals surface area contributed by atoms with Crippen LogP contribution < -0.4 is 10.9 Å². The normalized spacial score (nSPS) is 17.9. The van der Waals surface area contributed by atoms with Crippen molar-refractivity contribution in [3.8, 4) is 0 Å². The van der Waals surface area contributed by atoms with Crippen LogP contribution in [0.5, 0.6) is 0 Å². The molecule has 94 valence electrons. The zero-order valence-electron chi connectivity index (χ0n) is 10.8. The van der Waals surface area contributed by atoms with Crippen molar-refractivity contribution in [3.63, 3.8) is 0 Å². The molecule has 1 heterocycles. The minimum absolute atomic E-state index is 0.0197. The van der Waals surface area contributed by atoms with Crippen LogP contribution in [-0.2, 0) is 0 Å². The van der Waals surface area contributed by atoms with E-state index in [4.69, 9.17) is 0 Å². The fourth-order valence-electron chi connectivity index (χ4n) is 2.20. The Hall–Kier alpha value is -1.32. The zero-order valence-corrected chi connectivity index (χ0v) is 10.8. The number of hydrogen-bond donors (Lipinski definition) is 1. The lowest BCUT2D eigenvalue weighted by Crippen LogP contribution is -2.35. The molecule has 1 aliphatic rings. The number of rotatable bonds is 4. The molecule has 0 spiro atoms. The van der Waals surface area contributed by atoms with Gasteiger partial charge in [0.25, 0.3) is 5.56 Å². The van der Waals surface area contributed by atoms with E-state index >= 15 is 0 Å². The molecule has 0 radical (unpaired) electrons. The van der Waals surface area contributed by atoms with Gasteiger partial charge in [-0.05, 0) is 39.5 Å². The van der Waals surface area contributed by atoms with Crippen molar-refractivity contribution in [3.05, 3.63) is 22.7 Å². The largest absolute Gasteiger partial charge is 0.363 e. The van der Waals surface area contributed by atoms with Crippen LogP contribution in [0, 0.1) is 5.92 Å². The number of anilines is 1. The molecular weight excluding hydrogens is 214 g/mol. The van der Waals surface area contributed by atoms with E-state index in [1.54, 1.807) is 17.0 Å². The molecule has 1 aromatic heterocycles. The molecule has 1 N–H and O–H groups in total. The first-order chi connectivity index (χ1) is 8.09. The van der Waals surface area contributed by atoms with Gasteiger partial charge in [0, 0.05) is 24.5 Å². The van der Waals surface area contributed by atoms with E-state index in [0.29, 0.717) is 17.8 Å². The van der Waals surface area contributed by atoms with Gasteiger partial charge >= 0.3 is 0 Å². The van der Waals surface area contributed by atoms with Crippen molar-refractivity contribution in [1.82, 2.24) is 9.55 Å². The predicted octanol–water partition coefficient (Wildman–Crippen LogP) is 2.42. The quantitative estimate of drug-likeness (QED) is 0.871. The first kappa shape index (κ1) is 12.1. The smallest absolute Gasteiger partial charge is 0.293 e. The zero-order chi connectivity index (χ0) is 12.4. The van der Waals surface area contributed by atoms with Crippen molar-refractivity contribution in [2.75, 3.05) is 5.32 Å². The highest BCUT2D eigenvalue weighted by atomic mass is 16.1. The highest BCUT2D eigenvalue weighted by Gasteiger charge is 2.24. The Morgan fingerprint density at radius 1 is 1.41 bits per heavy atom. The molecule has 0 bridgehead atoms. The topological polar surface area (TPSA) is 46.9 Å². The lowest BCUT2D eigenvalue weighted by atomic mass is 9.80. The molecule has 0 saturated heterocycles. The monoisotopic (exact) mass is 235 g/mol. The Labute approximate surface area is 102 Å². The first-order valence-electron chi connectivity index (χ1n) is 6.43. The molecule has 4 nitrogen and oxygen atoms in total. The fourth-order valence-corrected chi connectivity index (χ4v) is 2.20. The maximum atomic E-state index is 12.1. The van der Waals surface area contributed by atoms with Gasteiger partial charge in [0.15, 0.2) is 5.82 Å². The van der Waals surface area contributed by atoms with Gasteiger partial charge in [-0.3, -0.25) is 4.79 Å². The maximum absolute atomic E-state index is 12.1. The molecule has 0 aliphatic heterocycles. The Balaban J connectivity index is 2.15. The second kappa shape index (κ2) is 4.90. The third-order valence-electron chi connectivity index (χ3n) is 3.65. The highest BCUT2D eigenvalue weighted by Crippen LogP contribution is 2.30. The number of nitrogens with one attached hydrogen (secondary N) is 1. The van der Waals surface area contributed by atoms with Crippen LogP contribution >= 0.6 is 0 Å². The molecule has 1 saturated carbocycles. The van der Waals surface area contributed by atoms with Crippen molar-refractivity contribution in [2.24, 2.45) is 5.92 Å². The van der Waals surface area contributed by atoms with Crippen molar-refractivity contribution in [1.29, 1.82) is 0 Å². The predicted molar refractivity (Wildman–Crippen MR) is 69.3 cm³/mol. The summed E-state index contributed by atoms with van der Waals surface area (Å²) in [6.07, 6.45) is 7.28. The van der Waals surface area contributed by atoms with E-state index in [0.717, 1.165) is 0 Å². The van der Waals surface area contributed by atoms with Crippen molar-refractivity contribution in [2.45, 2.75) is 52.1 Å². The summed E-state index contributed by atoms with van der Waals surface area (Å²) in [4.78, 5) is 16.3. The number of hydrogen-bond acceptors (Lipinski definition) is 3. The summed E-state index contributed by atoms with van der Waals surface area (Å²) in [5, 5.41) is 3.26. The summed E-state index contributed by atoms with van der Waals surface area (Å²) in [6.45, 7) is 6.14. The standard InChI is InChI=1S/C13H21N3O/c1-9(2)16-8-7-14-12(13(16)17)15-10(3)11-5-4-6-11/h7-11H,4-6H2,1-3H3,(H,14,15). The second-order valence-electron chi connectivity index (χ2n) is 5.21. The van der Waals surface area contributed by atoms with Crippen LogP contribution in [0.25, 0.3) is 0 Å². The van der Waals surface area contributed by atoms with Gasteiger partial charge < -0.3 is 9.88 Å². The molecule has 2 rings (SSSR count). The van der Waals surface area contributed by atoms with E-state index in [9.17, 15) is 4.79 Å². The van der Waals surface area contributed by atoms with Crippen LogP contribution in [0.2, 0.25) is 0 Å². The van der Waals surface area contributed by atoms with Crippen LogP contribution in [0.1, 0.15) is 46.1 Å². The lowest BCUT2D eigenvalue weighted by molar-refractivity contribution is 0.284. The Morgan fingerprint density at radius 3 is 2.65 bits per heavy atom. The molecule has 1 aliphatic carbocycles. The number of aromatic nitrogens is 2. The molecule has 0 aromatic carbocycles. The Kier molecular flexibility index (Phi) is 3.50. The average Bonchev–Trinajstić information content (AvgIpc) is 2.18. The molecule has 1 unspecified atom stereocenters. The summed E-state index contributed by atoms with van der Waals surface area (Å²) in [6, 6.07) is 0.511. The molecule has 0 amide bonds. The average molecular weight is 235 g/mol. The third-order valence-corrected chi connectivity index (χ3v) is 3.65. The van der Waals surface area contributed by atoms with Gasteiger partial charge in [-0.1, -0.05) is 6.42 Å². The van der Waals surface area contributed by atoms with Crippen molar-refractivity contribution >= 4 is 5.82 Å². The van der Waals surface area contributed by atoms with E-state index in [1.165, 1.54) is 19.3 Å². The van der Waals surface area contributed by atoms with Crippen LogP contribution in [0.4, 0.5) is 5.82 Å². The van der Waals surface area contributed by atoms with Crippen molar-refractivity contribution < 1.29 is 0 Å². The molecular formula is C13H21N3O. The summed E-state index contributed by atoms with van der Waals surface area (Å²) in [5.74, 6) is 1.18. The third kappa shape index (κ3) is 2.51. The van der Waals surface area contributed by atoms with Gasteiger partial charge in [-0.2, -0.15) is 0 Å². The van der Waals surface area contributed by atoms with Crippen LogP contribution in [0.15, 0.2) is 17.2 Å². The molecule has 1 atom stereocenters. The maximum Gasteiger partial charge on any atom is 0.293 e.